The second-order valence-electron chi connectivity index (χ2n) is 3.94. The number of rotatable bonds is 1. The van der Waals surface area contributed by atoms with E-state index in [1.54, 1.807) is 36.5 Å². The molecule has 0 aliphatic rings. The first-order valence-corrected chi connectivity index (χ1v) is 6.63. The van der Waals surface area contributed by atoms with Crippen LogP contribution in [0.4, 0.5) is 0 Å². The number of aryl methyl sites for hydroxylation is 1. The van der Waals surface area contributed by atoms with Crippen molar-refractivity contribution in [2.75, 3.05) is 0 Å². The average Bonchev–Trinajstić information content (AvgIpc) is 2.88. The van der Waals surface area contributed by atoms with Crippen LogP contribution in [0, 0.1) is 6.92 Å². The number of carbonyl (C=O) groups is 1. The highest BCUT2D eigenvalue weighted by molar-refractivity contribution is 7.16. The van der Waals surface area contributed by atoms with Crippen molar-refractivity contribution in [3.63, 3.8) is 0 Å². The van der Waals surface area contributed by atoms with Crippen molar-refractivity contribution in [2.45, 2.75) is 6.92 Å². The fourth-order valence-electron chi connectivity index (χ4n) is 1.62. The Morgan fingerprint density at radius 2 is 1.79 bits per heavy atom. The topological polar surface area (TPSA) is 50.2 Å². The molecule has 96 valence electrons. The minimum Gasteiger partial charge on any atom is -0.478 e. The molecule has 1 heterocycles. The van der Waals surface area contributed by atoms with E-state index in [1.807, 2.05) is 29.8 Å². The van der Waals surface area contributed by atoms with Crippen LogP contribution in [0.2, 0.25) is 0 Å². The zero-order valence-corrected chi connectivity index (χ0v) is 11.2. The van der Waals surface area contributed by atoms with Gasteiger partial charge < -0.3 is 5.11 Å². The van der Waals surface area contributed by atoms with Crippen LogP contribution in [0.25, 0.3) is 10.2 Å². The Morgan fingerprint density at radius 3 is 2.42 bits per heavy atom. The zero-order valence-electron chi connectivity index (χ0n) is 10.4. The van der Waals surface area contributed by atoms with E-state index < -0.39 is 5.97 Å². The zero-order chi connectivity index (χ0) is 13.7. The summed E-state index contributed by atoms with van der Waals surface area (Å²) >= 11 is 1.68. The molecule has 3 nitrogen and oxygen atoms in total. The Kier molecular flexibility index (Phi) is 4.26. The van der Waals surface area contributed by atoms with Crippen LogP contribution in [0.3, 0.4) is 0 Å². The lowest BCUT2D eigenvalue weighted by Crippen LogP contribution is -1.97. The van der Waals surface area contributed by atoms with E-state index in [4.69, 9.17) is 5.11 Å². The molecular formula is C15H13NO2S. The largest absolute Gasteiger partial charge is 0.478 e. The van der Waals surface area contributed by atoms with Crippen LogP contribution < -0.4 is 0 Å². The summed E-state index contributed by atoms with van der Waals surface area (Å²) in [7, 11) is 0. The van der Waals surface area contributed by atoms with Crippen molar-refractivity contribution < 1.29 is 9.90 Å². The monoisotopic (exact) mass is 271 g/mol. The fraction of sp³-hybridized carbons (Fsp3) is 0.0667. The first-order valence-electron chi connectivity index (χ1n) is 5.75. The number of fused-ring (bicyclic) bond motifs is 1. The van der Waals surface area contributed by atoms with E-state index in [-0.39, 0.29) is 0 Å². The molecule has 19 heavy (non-hydrogen) atoms. The summed E-state index contributed by atoms with van der Waals surface area (Å²) in [5, 5.41) is 8.57. The molecule has 0 unspecified atom stereocenters. The maximum atomic E-state index is 10.4. The van der Waals surface area contributed by atoms with E-state index in [9.17, 15) is 4.79 Å². The molecule has 0 atom stereocenters. The van der Waals surface area contributed by atoms with Crippen LogP contribution in [-0.4, -0.2) is 16.1 Å². The lowest BCUT2D eigenvalue weighted by molar-refractivity contribution is 0.0696. The van der Waals surface area contributed by atoms with Gasteiger partial charge in [-0.25, -0.2) is 9.78 Å². The smallest absolute Gasteiger partial charge is 0.335 e. The molecule has 2 aromatic carbocycles. The lowest BCUT2D eigenvalue weighted by Gasteiger charge is -1.96. The van der Waals surface area contributed by atoms with Gasteiger partial charge in [-0.15, -0.1) is 11.3 Å². The van der Waals surface area contributed by atoms with Crippen molar-refractivity contribution in [3.8, 4) is 0 Å². The quantitative estimate of drug-likeness (QED) is 0.728. The summed E-state index contributed by atoms with van der Waals surface area (Å²) in [4.78, 5) is 14.6. The van der Waals surface area contributed by atoms with Crippen LogP contribution >= 0.6 is 11.3 Å². The minimum absolute atomic E-state index is 0.377. The third-order valence-electron chi connectivity index (χ3n) is 2.61. The molecule has 0 aliphatic heterocycles. The van der Waals surface area contributed by atoms with Crippen molar-refractivity contribution in [1.29, 1.82) is 0 Å². The van der Waals surface area contributed by atoms with Crippen LogP contribution in [0.1, 0.15) is 15.9 Å². The summed E-state index contributed by atoms with van der Waals surface area (Å²) in [6, 6.07) is 15.0. The van der Waals surface area contributed by atoms with Gasteiger partial charge in [0.1, 0.15) is 0 Å². The summed E-state index contributed by atoms with van der Waals surface area (Å²) in [6.07, 6.45) is 0. The van der Waals surface area contributed by atoms with Gasteiger partial charge in [0.15, 0.2) is 0 Å². The fourth-order valence-corrected chi connectivity index (χ4v) is 2.29. The summed E-state index contributed by atoms with van der Waals surface area (Å²) in [6.45, 7) is 1.78. The minimum atomic E-state index is -0.863. The predicted octanol–water partition coefficient (Wildman–Crippen LogP) is 3.99. The number of carboxylic acid groups (broad SMARTS) is 1. The molecule has 4 heteroatoms. The van der Waals surface area contributed by atoms with Gasteiger partial charge in [0.05, 0.1) is 21.3 Å². The number of aromatic carboxylic acids is 1. The van der Waals surface area contributed by atoms with Gasteiger partial charge in [0, 0.05) is 0 Å². The third-order valence-corrected chi connectivity index (χ3v) is 3.42. The number of hydrogen-bond acceptors (Lipinski definition) is 3. The molecule has 0 amide bonds. The van der Waals surface area contributed by atoms with Gasteiger partial charge in [0.2, 0.25) is 0 Å². The van der Waals surface area contributed by atoms with E-state index >= 15 is 0 Å². The maximum absolute atomic E-state index is 10.4. The summed E-state index contributed by atoms with van der Waals surface area (Å²) in [5.41, 5.74) is 4.14. The number of nitrogens with zero attached hydrogens (tertiary/aromatic N) is 1. The molecule has 0 saturated heterocycles. The standard InChI is InChI=1S/C8H8O2.C7H5NS/c1-6-4-2-3-5-7(6)8(9)10;1-2-4-7-6(3-1)8-5-9-7/h2-5H,1H3,(H,9,10);1-5H. The molecule has 0 radical (unpaired) electrons. The van der Waals surface area contributed by atoms with Gasteiger partial charge in [-0.3, -0.25) is 0 Å². The van der Waals surface area contributed by atoms with Crippen molar-refractivity contribution in [3.05, 3.63) is 65.2 Å². The molecule has 0 fully saturated rings. The van der Waals surface area contributed by atoms with Crippen LogP contribution in [-0.2, 0) is 0 Å². The van der Waals surface area contributed by atoms with Gasteiger partial charge in [-0.1, -0.05) is 30.3 Å². The van der Waals surface area contributed by atoms with Gasteiger partial charge in [-0.05, 0) is 30.7 Å². The second kappa shape index (κ2) is 6.11. The van der Waals surface area contributed by atoms with E-state index in [1.165, 1.54) is 4.70 Å². The third kappa shape index (κ3) is 3.39. The second-order valence-corrected chi connectivity index (χ2v) is 4.83. The Hall–Kier alpha value is -2.20. The summed E-state index contributed by atoms with van der Waals surface area (Å²) < 4.78 is 1.26. The summed E-state index contributed by atoms with van der Waals surface area (Å²) in [5.74, 6) is -0.863. The Balaban J connectivity index is 0.000000141. The number of thiazole rings is 1. The molecule has 0 bridgehead atoms. The van der Waals surface area contributed by atoms with Crippen molar-refractivity contribution in [2.24, 2.45) is 0 Å². The van der Waals surface area contributed by atoms with Crippen molar-refractivity contribution >= 4 is 27.5 Å². The van der Waals surface area contributed by atoms with E-state index in [0.29, 0.717) is 5.56 Å². The number of carboxylic acids is 1. The Labute approximate surface area is 115 Å². The predicted molar refractivity (Wildman–Crippen MR) is 77.8 cm³/mol. The molecule has 3 aromatic rings. The Bertz CT molecular complexity index is 661. The first-order chi connectivity index (χ1) is 9.18. The normalized spacial score (nSPS) is 9.74. The van der Waals surface area contributed by atoms with Gasteiger partial charge in [-0.2, -0.15) is 0 Å². The maximum Gasteiger partial charge on any atom is 0.335 e. The molecule has 3 rings (SSSR count). The van der Waals surface area contributed by atoms with Gasteiger partial charge in [0.25, 0.3) is 0 Å². The molecule has 0 aliphatic carbocycles. The highest BCUT2D eigenvalue weighted by Gasteiger charge is 2.02. The SMILES string of the molecule is Cc1ccccc1C(=O)O.c1ccc2scnc2c1. The van der Waals surface area contributed by atoms with Crippen molar-refractivity contribution in [1.82, 2.24) is 4.98 Å². The Morgan fingerprint density at radius 1 is 1.11 bits per heavy atom. The molecule has 0 saturated carbocycles. The van der Waals surface area contributed by atoms with Crippen LogP contribution in [0.5, 0.6) is 0 Å². The average molecular weight is 271 g/mol. The van der Waals surface area contributed by atoms with E-state index in [0.717, 1.165) is 11.1 Å². The number of hydrogen-bond donors (Lipinski definition) is 1. The van der Waals surface area contributed by atoms with E-state index in [2.05, 4.69) is 11.1 Å². The molecule has 1 N–H and O–H groups in total. The molecular weight excluding hydrogens is 258 g/mol. The number of benzene rings is 2. The number of para-hydroxylation sites is 1. The first kappa shape index (κ1) is 13.2. The van der Waals surface area contributed by atoms with Gasteiger partial charge >= 0.3 is 5.97 Å². The lowest BCUT2D eigenvalue weighted by atomic mass is 10.1. The molecule has 1 aromatic heterocycles. The number of aromatic nitrogens is 1. The van der Waals surface area contributed by atoms with Crippen LogP contribution in [0.15, 0.2) is 54.0 Å². The highest BCUT2D eigenvalue weighted by Crippen LogP contribution is 2.15. The highest BCUT2D eigenvalue weighted by atomic mass is 32.1. The molecule has 0 spiro atoms.